The van der Waals surface area contributed by atoms with E-state index in [4.69, 9.17) is 4.42 Å². The van der Waals surface area contributed by atoms with E-state index in [0.29, 0.717) is 0 Å². The molecule has 0 N–H and O–H groups in total. The minimum absolute atomic E-state index is 0.844. The van der Waals surface area contributed by atoms with E-state index in [9.17, 15) is 0 Å². The van der Waals surface area contributed by atoms with Gasteiger partial charge in [-0.2, -0.15) is 0 Å². The maximum Gasteiger partial charge on any atom is 0.159 e. The van der Waals surface area contributed by atoms with Gasteiger partial charge in [-0.25, -0.2) is 0 Å². The highest BCUT2D eigenvalue weighted by Gasteiger charge is 2.23. The van der Waals surface area contributed by atoms with Crippen LogP contribution in [0.25, 0.3) is 88.1 Å². The second-order valence-corrected chi connectivity index (χ2v) is 14.9. The van der Waals surface area contributed by atoms with Gasteiger partial charge in [-0.3, -0.25) is 0 Å². The van der Waals surface area contributed by atoms with E-state index >= 15 is 0 Å². The zero-order chi connectivity index (χ0) is 38.2. The van der Waals surface area contributed by atoms with Gasteiger partial charge in [0.25, 0.3) is 0 Å². The number of para-hydroxylation sites is 6. The van der Waals surface area contributed by atoms with Gasteiger partial charge in [-0.05, 0) is 77.9 Å². The first-order chi connectivity index (χ1) is 28.8. The third-order valence-electron chi connectivity index (χ3n) is 11.7. The Hall–Kier alpha value is -7.82. The van der Waals surface area contributed by atoms with Gasteiger partial charge >= 0.3 is 0 Å². The van der Waals surface area contributed by atoms with Gasteiger partial charge in [0.1, 0.15) is 5.58 Å². The van der Waals surface area contributed by atoms with Crippen LogP contribution >= 0.6 is 0 Å². The third kappa shape index (κ3) is 4.95. The molecule has 0 atom stereocenters. The fourth-order valence-corrected chi connectivity index (χ4v) is 9.14. The van der Waals surface area contributed by atoms with Crippen molar-refractivity contribution in [3.8, 4) is 22.5 Å². The molecule has 272 valence electrons. The molecule has 4 nitrogen and oxygen atoms in total. The molecule has 0 aliphatic heterocycles. The van der Waals surface area contributed by atoms with Crippen molar-refractivity contribution in [2.24, 2.45) is 0 Å². The normalized spacial score (nSPS) is 11.8. The lowest BCUT2D eigenvalue weighted by Gasteiger charge is -2.27. The topological polar surface area (TPSA) is 26.2 Å². The Kier molecular flexibility index (Phi) is 7.20. The molecular formula is C54H35N3O. The molecule has 3 aromatic heterocycles. The number of rotatable bonds is 6. The van der Waals surface area contributed by atoms with Crippen molar-refractivity contribution < 1.29 is 4.42 Å². The fraction of sp³-hybridized carbons (Fsp3) is 0. The Bertz CT molecular complexity index is 3280. The van der Waals surface area contributed by atoms with Crippen molar-refractivity contribution in [3.63, 3.8) is 0 Å². The largest absolute Gasteiger partial charge is 0.454 e. The predicted molar refractivity (Wildman–Crippen MR) is 243 cm³/mol. The SMILES string of the molecule is c1ccc(-c2ccc(N(c3cc(-n4c5ccccc5c5ccccc54)cc(-n4c5ccccc5c5ccccc54)c3)c3cccc4c3oc3ccccc34)cc2)cc1. The van der Waals surface area contributed by atoms with Gasteiger partial charge < -0.3 is 18.5 Å². The maximum atomic E-state index is 6.78. The van der Waals surface area contributed by atoms with Crippen molar-refractivity contribution in [2.75, 3.05) is 4.90 Å². The zero-order valence-corrected chi connectivity index (χ0v) is 31.5. The highest BCUT2D eigenvalue weighted by atomic mass is 16.3. The van der Waals surface area contributed by atoms with Gasteiger partial charge in [-0.15, -0.1) is 0 Å². The fourth-order valence-electron chi connectivity index (χ4n) is 9.14. The number of fused-ring (bicyclic) bond motifs is 9. The Morgan fingerprint density at radius 3 is 1.33 bits per heavy atom. The molecule has 58 heavy (non-hydrogen) atoms. The van der Waals surface area contributed by atoms with Crippen LogP contribution in [0.1, 0.15) is 0 Å². The molecule has 0 fully saturated rings. The Labute approximate surface area is 334 Å². The molecule has 0 saturated carbocycles. The standard InChI is InChI=1S/C54H35N3O/c1-2-15-36(16-3-1)37-29-31-38(32-30-37)55(52-27-14-22-47-46-21-8-13-28-53(46)58-54(47)52)39-33-40(56-48-23-9-4-17-42(48)43-18-5-10-24-49(43)56)35-41(34-39)57-50-25-11-6-19-44(50)45-20-7-12-26-51(45)57/h1-35H. The maximum absolute atomic E-state index is 6.78. The number of nitrogens with zero attached hydrogens (tertiary/aromatic N) is 3. The van der Waals surface area contributed by atoms with Crippen molar-refractivity contribution >= 4 is 82.6 Å². The summed E-state index contributed by atoms with van der Waals surface area (Å²) in [5.74, 6) is 0. The summed E-state index contributed by atoms with van der Waals surface area (Å²) in [7, 11) is 0. The van der Waals surface area contributed by atoms with Crippen LogP contribution in [0.2, 0.25) is 0 Å². The van der Waals surface area contributed by atoms with Crippen LogP contribution in [0.3, 0.4) is 0 Å². The van der Waals surface area contributed by atoms with Crippen LogP contribution in [0, 0.1) is 0 Å². The van der Waals surface area contributed by atoms with E-state index in [1.165, 1.54) is 27.1 Å². The number of hydrogen-bond donors (Lipinski definition) is 0. The summed E-state index contributed by atoms with van der Waals surface area (Å²) in [5.41, 5.74) is 13.8. The van der Waals surface area contributed by atoms with E-state index in [-0.39, 0.29) is 0 Å². The summed E-state index contributed by atoms with van der Waals surface area (Å²) in [6.45, 7) is 0. The summed E-state index contributed by atoms with van der Waals surface area (Å²) in [6, 6.07) is 76.3. The van der Waals surface area contributed by atoms with E-state index < -0.39 is 0 Å². The lowest BCUT2D eigenvalue weighted by molar-refractivity contribution is 0.669. The predicted octanol–water partition coefficient (Wildman–Crippen LogP) is 14.9. The monoisotopic (exact) mass is 741 g/mol. The highest BCUT2D eigenvalue weighted by Crippen LogP contribution is 2.45. The minimum Gasteiger partial charge on any atom is -0.454 e. The second-order valence-electron chi connectivity index (χ2n) is 14.9. The van der Waals surface area contributed by atoms with Crippen LogP contribution in [0.15, 0.2) is 217 Å². The Morgan fingerprint density at radius 2 is 0.776 bits per heavy atom. The van der Waals surface area contributed by atoms with Gasteiger partial charge in [-0.1, -0.05) is 146 Å². The number of benzene rings is 9. The molecule has 0 unspecified atom stereocenters. The van der Waals surface area contributed by atoms with Crippen molar-refractivity contribution in [1.82, 2.24) is 9.13 Å². The lowest BCUT2D eigenvalue weighted by Crippen LogP contribution is -2.12. The molecule has 12 aromatic rings. The second kappa shape index (κ2) is 12.9. The third-order valence-corrected chi connectivity index (χ3v) is 11.7. The highest BCUT2D eigenvalue weighted by molar-refractivity contribution is 6.12. The molecule has 4 heteroatoms. The van der Waals surface area contributed by atoms with E-state index in [2.05, 4.69) is 220 Å². The summed E-state index contributed by atoms with van der Waals surface area (Å²) in [5, 5.41) is 7.08. The molecule has 0 aliphatic carbocycles. The Balaban J connectivity index is 1.19. The summed E-state index contributed by atoms with van der Waals surface area (Å²) in [6.07, 6.45) is 0. The zero-order valence-electron chi connectivity index (χ0n) is 31.5. The molecule has 0 spiro atoms. The molecule has 0 aliphatic rings. The quantitative estimate of drug-likeness (QED) is 0.170. The van der Waals surface area contributed by atoms with Crippen molar-refractivity contribution in [3.05, 3.63) is 212 Å². The van der Waals surface area contributed by atoms with Crippen molar-refractivity contribution in [2.45, 2.75) is 0 Å². The minimum atomic E-state index is 0.844. The molecule has 0 amide bonds. The van der Waals surface area contributed by atoms with Gasteiger partial charge in [0.05, 0.1) is 44.8 Å². The number of hydrogen-bond acceptors (Lipinski definition) is 2. The average molecular weight is 742 g/mol. The molecule has 0 saturated heterocycles. The number of aromatic nitrogens is 2. The van der Waals surface area contributed by atoms with Gasteiger partial charge in [0.2, 0.25) is 0 Å². The van der Waals surface area contributed by atoms with Crippen LogP contribution < -0.4 is 4.90 Å². The number of furan rings is 1. The lowest BCUT2D eigenvalue weighted by atomic mass is 10.0. The molecule has 12 rings (SSSR count). The van der Waals surface area contributed by atoms with Crippen LogP contribution in [-0.4, -0.2) is 9.13 Å². The molecular weight excluding hydrogens is 707 g/mol. The molecule has 0 bridgehead atoms. The Morgan fingerprint density at radius 1 is 0.328 bits per heavy atom. The first kappa shape index (κ1) is 32.4. The van der Waals surface area contributed by atoms with Crippen molar-refractivity contribution in [1.29, 1.82) is 0 Å². The first-order valence-corrected chi connectivity index (χ1v) is 19.8. The van der Waals surface area contributed by atoms with Crippen LogP contribution in [0.4, 0.5) is 17.1 Å². The van der Waals surface area contributed by atoms with Gasteiger partial charge in [0.15, 0.2) is 5.58 Å². The van der Waals surface area contributed by atoms with E-state index in [0.717, 1.165) is 78.0 Å². The summed E-state index contributed by atoms with van der Waals surface area (Å²) in [4.78, 5) is 2.37. The van der Waals surface area contributed by atoms with E-state index in [1.807, 2.05) is 6.07 Å². The van der Waals surface area contributed by atoms with Crippen LogP contribution in [-0.2, 0) is 0 Å². The van der Waals surface area contributed by atoms with Crippen LogP contribution in [0.5, 0.6) is 0 Å². The van der Waals surface area contributed by atoms with E-state index in [1.54, 1.807) is 0 Å². The molecule has 0 radical (unpaired) electrons. The van der Waals surface area contributed by atoms with Gasteiger partial charge in [0, 0.05) is 38.0 Å². The molecule has 9 aromatic carbocycles. The summed E-state index contributed by atoms with van der Waals surface area (Å²) < 4.78 is 11.6. The average Bonchev–Trinajstić information content (AvgIpc) is 3.95. The summed E-state index contributed by atoms with van der Waals surface area (Å²) >= 11 is 0. The molecule has 3 heterocycles. The smallest absolute Gasteiger partial charge is 0.159 e. The number of anilines is 3. The first-order valence-electron chi connectivity index (χ1n) is 19.8.